The van der Waals surface area contributed by atoms with Gasteiger partial charge in [-0.2, -0.15) is 0 Å². The van der Waals surface area contributed by atoms with Crippen molar-refractivity contribution in [3.8, 4) is 0 Å². The zero-order valence-corrected chi connectivity index (χ0v) is 11.7. The maximum absolute atomic E-state index is 11.6. The number of hydrogen-bond donors (Lipinski definition) is 2. The Balaban J connectivity index is 4.45. The molecule has 0 saturated heterocycles. The normalized spacial score (nSPS) is 14.3. The second-order valence-electron chi connectivity index (χ2n) is 5.42. The molecule has 0 heterocycles. The molecule has 1 atom stereocenters. The minimum Gasteiger partial charge on any atom is -0.444 e. The highest BCUT2D eigenvalue weighted by molar-refractivity contribution is 5.68. The van der Waals surface area contributed by atoms with E-state index in [4.69, 9.17) is 9.47 Å². The lowest BCUT2D eigenvalue weighted by atomic mass is 9.99. The molecule has 0 bridgehead atoms. The fourth-order valence-electron chi connectivity index (χ4n) is 1.36. The first-order valence-corrected chi connectivity index (χ1v) is 5.86. The average Bonchev–Trinajstić information content (AvgIpc) is 2.10. The molecule has 17 heavy (non-hydrogen) atoms. The molecule has 0 aliphatic rings. The van der Waals surface area contributed by atoms with Crippen molar-refractivity contribution >= 4 is 6.09 Å². The molecule has 5 heteroatoms. The molecule has 2 N–H and O–H groups in total. The Labute approximate surface area is 103 Å². The summed E-state index contributed by atoms with van der Waals surface area (Å²) in [6.45, 7) is 11.2. The van der Waals surface area contributed by atoms with Crippen LogP contribution < -0.4 is 5.32 Å². The van der Waals surface area contributed by atoms with Gasteiger partial charge in [-0.3, -0.25) is 0 Å². The van der Waals surface area contributed by atoms with Crippen molar-refractivity contribution < 1.29 is 19.4 Å². The molecule has 0 aromatic heterocycles. The van der Waals surface area contributed by atoms with Gasteiger partial charge < -0.3 is 19.9 Å². The number of carbonyl (C=O) groups excluding carboxylic acids is 1. The van der Waals surface area contributed by atoms with E-state index in [1.807, 2.05) is 20.8 Å². The third-order valence-electron chi connectivity index (χ3n) is 2.23. The number of aliphatic hydroxyl groups excluding tert-OH is 1. The number of alkyl carbamates (subject to hydrolysis) is 1. The molecule has 0 fully saturated rings. The lowest BCUT2D eigenvalue weighted by Gasteiger charge is -2.34. The van der Waals surface area contributed by atoms with E-state index < -0.39 is 23.3 Å². The van der Waals surface area contributed by atoms with Crippen molar-refractivity contribution in [1.82, 2.24) is 5.32 Å². The molecule has 0 aliphatic carbocycles. The summed E-state index contributed by atoms with van der Waals surface area (Å²) in [5.41, 5.74) is -1.19. The number of nitrogens with one attached hydrogen (secondary N) is 1. The van der Waals surface area contributed by atoms with Gasteiger partial charge in [0.1, 0.15) is 5.60 Å². The highest BCUT2D eigenvalue weighted by Gasteiger charge is 2.32. The van der Waals surface area contributed by atoms with Crippen LogP contribution in [0.3, 0.4) is 0 Å². The summed E-state index contributed by atoms with van der Waals surface area (Å²) in [6, 6.07) is -0.503. The van der Waals surface area contributed by atoms with Crippen LogP contribution in [0.15, 0.2) is 0 Å². The van der Waals surface area contributed by atoms with E-state index in [1.54, 1.807) is 20.8 Å². The molecule has 0 aromatic carbocycles. The molecule has 0 spiro atoms. The minimum atomic E-state index is -0.638. The third kappa shape index (κ3) is 6.48. The van der Waals surface area contributed by atoms with Crippen LogP contribution in [0.5, 0.6) is 0 Å². The van der Waals surface area contributed by atoms with Crippen LogP contribution in [-0.4, -0.2) is 41.7 Å². The van der Waals surface area contributed by atoms with Crippen molar-refractivity contribution in [2.75, 3.05) is 13.2 Å². The zero-order valence-electron chi connectivity index (χ0n) is 11.7. The molecule has 1 amide bonds. The molecule has 0 rings (SSSR count). The van der Waals surface area contributed by atoms with Gasteiger partial charge in [0, 0.05) is 6.61 Å². The fraction of sp³-hybridized carbons (Fsp3) is 0.917. The van der Waals surface area contributed by atoms with E-state index in [2.05, 4.69) is 5.32 Å². The van der Waals surface area contributed by atoms with Crippen molar-refractivity contribution in [1.29, 1.82) is 0 Å². The number of hydrogen-bond acceptors (Lipinski definition) is 4. The molecule has 0 aliphatic heterocycles. The van der Waals surface area contributed by atoms with E-state index >= 15 is 0 Å². The SMILES string of the molecule is CCOC(C)(C)C(CO)NC(=O)OC(C)(C)C. The molecule has 0 saturated carbocycles. The number of carbonyl (C=O) groups is 1. The van der Waals surface area contributed by atoms with Crippen molar-refractivity contribution in [3.63, 3.8) is 0 Å². The summed E-state index contributed by atoms with van der Waals surface area (Å²) < 4.78 is 10.6. The average molecular weight is 247 g/mol. The highest BCUT2D eigenvalue weighted by Crippen LogP contribution is 2.15. The smallest absolute Gasteiger partial charge is 0.408 e. The topological polar surface area (TPSA) is 67.8 Å². The van der Waals surface area contributed by atoms with Crippen LogP contribution in [0.4, 0.5) is 4.79 Å². The molecule has 1 unspecified atom stereocenters. The van der Waals surface area contributed by atoms with Gasteiger partial charge in [0.15, 0.2) is 0 Å². The van der Waals surface area contributed by atoms with Crippen molar-refractivity contribution in [2.45, 2.75) is 58.8 Å². The molecule has 5 nitrogen and oxygen atoms in total. The largest absolute Gasteiger partial charge is 0.444 e. The quantitative estimate of drug-likeness (QED) is 0.775. The first-order valence-electron chi connectivity index (χ1n) is 5.86. The molecular weight excluding hydrogens is 222 g/mol. The highest BCUT2D eigenvalue weighted by atomic mass is 16.6. The van der Waals surface area contributed by atoms with Gasteiger partial charge in [0.05, 0.1) is 18.2 Å². The van der Waals surface area contributed by atoms with Crippen LogP contribution in [0, 0.1) is 0 Å². The lowest BCUT2D eigenvalue weighted by Crippen LogP contribution is -2.53. The predicted molar refractivity (Wildman–Crippen MR) is 65.9 cm³/mol. The fourth-order valence-corrected chi connectivity index (χ4v) is 1.36. The van der Waals surface area contributed by atoms with E-state index in [9.17, 15) is 9.90 Å². The van der Waals surface area contributed by atoms with Gasteiger partial charge in [-0.05, 0) is 41.5 Å². The second-order valence-corrected chi connectivity index (χ2v) is 5.42. The summed E-state index contributed by atoms with van der Waals surface area (Å²) in [5.74, 6) is 0. The molecule has 0 aromatic rings. The van der Waals surface area contributed by atoms with Crippen molar-refractivity contribution in [2.24, 2.45) is 0 Å². The number of ether oxygens (including phenoxy) is 2. The van der Waals surface area contributed by atoms with Crippen LogP contribution in [0.2, 0.25) is 0 Å². The Hall–Kier alpha value is -0.810. The summed E-state index contributed by atoms with van der Waals surface area (Å²) >= 11 is 0. The van der Waals surface area contributed by atoms with Gasteiger partial charge in [-0.15, -0.1) is 0 Å². The Morgan fingerprint density at radius 3 is 2.18 bits per heavy atom. The predicted octanol–water partition coefficient (Wildman–Crippen LogP) is 1.69. The Kier molecular flexibility index (Phi) is 5.92. The van der Waals surface area contributed by atoms with Gasteiger partial charge in [-0.25, -0.2) is 4.79 Å². The van der Waals surface area contributed by atoms with E-state index in [0.29, 0.717) is 6.61 Å². The maximum atomic E-state index is 11.6. The number of amides is 1. The van der Waals surface area contributed by atoms with Gasteiger partial charge in [0.25, 0.3) is 0 Å². The van der Waals surface area contributed by atoms with E-state index in [1.165, 1.54) is 0 Å². The lowest BCUT2D eigenvalue weighted by molar-refractivity contribution is -0.0527. The maximum Gasteiger partial charge on any atom is 0.408 e. The minimum absolute atomic E-state index is 0.202. The zero-order chi connectivity index (χ0) is 13.7. The Morgan fingerprint density at radius 2 is 1.82 bits per heavy atom. The van der Waals surface area contributed by atoms with E-state index in [0.717, 1.165) is 0 Å². The number of aliphatic hydroxyl groups is 1. The summed E-state index contributed by atoms with van der Waals surface area (Å²) in [6.07, 6.45) is -0.552. The molecule has 102 valence electrons. The third-order valence-corrected chi connectivity index (χ3v) is 2.23. The first kappa shape index (κ1) is 16.2. The first-order chi connectivity index (χ1) is 7.62. The summed E-state index contributed by atoms with van der Waals surface area (Å²) in [4.78, 5) is 11.6. The summed E-state index contributed by atoms with van der Waals surface area (Å²) in [5, 5.41) is 11.9. The number of rotatable bonds is 5. The van der Waals surface area contributed by atoms with Crippen LogP contribution in [0.1, 0.15) is 41.5 Å². The molecule has 0 radical (unpaired) electrons. The summed E-state index contributed by atoms with van der Waals surface area (Å²) in [7, 11) is 0. The van der Waals surface area contributed by atoms with Crippen LogP contribution >= 0.6 is 0 Å². The standard InChI is InChI=1S/C12H25NO4/c1-7-16-12(5,6)9(8-14)13-10(15)17-11(2,3)4/h9,14H,7-8H2,1-6H3,(H,13,15). The molecular formula is C12H25NO4. The van der Waals surface area contributed by atoms with Crippen molar-refractivity contribution in [3.05, 3.63) is 0 Å². The van der Waals surface area contributed by atoms with E-state index in [-0.39, 0.29) is 6.61 Å². The van der Waals surface area contributed by atoms with Crippen LogP contribution in [-0.2, 0) is 9.47 Å². The Bertz CT molecular complexity index is 245. The second kappa shape index (κ2) is 6.21. The van der Waals surface area contributed by atoms with Gasteiger partial charge >= 0.3 is 6.09 Å². The monoisotopic (exact) mass is 247 g/mol. The van der Waals surface area contributed by atoms with Gasteiger partial charge in [0.2, 0.25) is 0 Å². The van der Waals surface area contributed by atoms with Gasteiger partial charge in [-0.1, -0.05) is 0 Å². The Morgan fingerprint density at radius 1 is 1.29 bits per heavy atom. The van der Waals surface area contributed by atoms with Crippen LogP contribution in [0.25, 0.3) is 0 Å².